The van der Waals surface area contributed by atoms with Crippen LogP contribution in [-0.4, -0.2) is 57.2 Å². The molecule has 0 radical (unpaired) electrons. The smallest absolute Gasteiger partial charge is 0.267 e. The van der Waals surface area contributed by atoms with Crippen LogP contribution in [0, 0.1) is 12.7 Å². The number of aromatic nitrogens is 2. The summed E-state index contributed by atoms with van der Waals surface area (Å²) < 4.78 is 15.6. The minimum absolute atomic E-state index is 0.137. The summed E-state index contributed by atoms with van der Waals surface area (Å²) in [5, 5.41) is 0. The van der Waals surface area contributed by atoms with Gasteiger partial charge in [0.25, 0.3) is 11.5 Å². The number of thioether (sulfide) groups is 1. The number of amides is 1. The first-order valence-electron chi connectivity index (χ1n) is 16.4. The molecule has 1 aromatic carbocycles. The van der Waals surface area contributed by atoms with Crippen LogP contribution in [0.3, 0.4) is 0 Å². The van der Waals surface area contributed by atoms with E-state index in [9.17, 15) is 14.0 Å². The second kappa shape index (κ2) is 15.9. The molecule has 2 aliphatic heterocycles. The lowest BCUT2D eigenvalue weighted by atomic mass is 10.1. The van der Waals surface area contributed by atoms with E-state index >= 15 is 0 Å². The molecule has 5 rings (SSSR count). The average Bonchev–Trinajstić information content (AvgIpc) is 3.31. The van der Waals surface area contributed by atoms with E-state index in [0.717, 1.165) is 24.1 Å². The Hall–Kier alpha value is -3.24. The Balaban J connectivity index is 1.28. The Kier molecular flexibility index (Phi) is 11.7. The van der Waals surface area contributed by atoms with E-state index in [2.05, 4.69) is 16.7 Å². The second-order valence-electron chi connectivity index (χ2n) is 12.1. The van der Waals surface area contributed by atoms with Crippen molar-refractivity contribution >= 4 is 57.4 Å². The zero-order valence-corrected chi connectivity index (χ0v) is 28.1. The van der Waals surface area contributed by atoms with Crippen molar-refractivity contribution < 1.29 is 9.18 Å². The van der Waals surface area contributed by atoms with Crippen molar-refractivity contribution in [1.82, 2.24) is 14.3 Å². The summed E-state index contributed by atoms with van der Waals surface area (Å²) in [6.07, 6.45) is 15.8. The van der Waals surface area contributed by atoms with Gasteiger partial charge in [-0.1, -0.05) is 94.8 Å². The SMILES string of the molecule is CCCCCCCCCCCCN1C(=O)C(=Cc2c(N3CCN(c4ccc(F)cc4)CC3)nc3ccc(C)cn3c2=O)SC1=S. The van der Waals surface area contributed by atoms with Gasteiger partial charge in [0, 0.05) is 44.6 Å². The lowest BCUT2D eigenvalue weighted by molar-refractivity contribution is -0.122. The number of aryl methyl sites for hydroxylation is 1. The van der Waals surface area contributed by atoms with E-state index in [1.165, 1.54) is 75.3 Å². The highest BCUT2D eigenvalue weighted by Crippen LogP contribution is 2.34. The third-order valence-corrected chi connectivity index (χ3v) is 10.0. The van der Waals surface area contributed by atoms with Gasteiger partial charge in [-0.2, -0.15) is 0 Å². The van der Waals surface area contributed by atoms with Gasteiger partial charge in [-0.15, -0.1) is 0 Å². The topological polar surface area (TPSA) is 61.2 Å². The first-order valence-corrected chi connectivity index (χ1v) is 17.6. The van der Waals surface area contributed by atoms with E-state index in [1.807, 2.05) is 19.1 Å². The molecule has 240 valence electrons. The lowest BCUT2D eigenvalue weighted by Crippen LogP contribution is -2.47. The molecule has 0 N–H and O–H groups in total. The predicted octanol–water partition coefficient (Wildman–Crippen LogP) is 7.59. The maximum Gasteiger partial charge on any atom is 0.267 e. The number of nitrogens with zero attached hydrogens (tertiary/aromatic N) is 5. The number of fused-ring (bicyclic) bond motifs is 1. The van der Waals surface area contributed by atoms with Crippen LogP contribution in [-0.2, 0) is 4.79 Å². The van der Waals surface area contributed by atoms with Crippen molar-refractivity contribution in [3.63, 3.8) is 0 Å². The van der Waals surface area contributed by atoms with Crippen LogP contribution in [0.15, 0.2) is 52.3 Å². The molecular formula is C35H44FN5O2S2. The van der Waals surface area contributed by atoms with Gasteiger partial charge in [0.05, 0.1) is 10.5 Å². The molecule has 2 aliphatic rings. The summed E-state index contributed by atoms with van der Waals surface area (Å²) >= 11 is 6.89. The molecule has 10 heteroatoms. The number of rotatable bonds is 14. The maximum atomic E-state index is 13.9. The monoisotopic (exact) mass is 649 g/mol. The number of pyridine rings is 1. The van der Waals surface area contributed by atoms with Gasteiger partial charge in [-0.05, 0) is 55.3 Å². The van der Waals surface area contributed by atoms with Gasteiger partial charge in [0.1, 0.15) is 21.6 Å². The summed E-state index contributed by atoms with van der Waals surface area (Å²) in [5.74, 6) is 0.177. The van der Waals surface area contributed by atoms with Gasteiger partial charge in [-0.3, -0.25) is 18.9 Å². The number of carbonyl (C=O) groups is 1. The van der Waals surface area contributed by atoms with Crippen LogP contribution in [0.2, 0.25) is 0 Å². The number of unbranched alkanes of at least 4 members (excludes halogenated alkanes) is 9. The zero-order valence-electron chi connectivity index (χ0n) is 26.5. The zero-order chi connectivity index (χ0) is 31.8. The minimum atomic E-state index is -0.257. The number of piperazine rings is 1. The second-order valence-corrected chi connectivity index (χ2v) is 13.7. The van der Waals surface area contributed by atoms with E-state index in [1.54, 1.807) is 33.7 Å². The molecular weight excluding hydrogens is 606 g/mol. The molecule has 0 spiro atoms. The van der Waals surface area contributed by atoms with E-state index in [4.69, 9.17) is 17.2 Å². The van der Waals surface area contributed by atoms with E-state index in [-0.39, 0.29) is 17.3 Å². The Labute approximate surface area is 275 Å². The van der Waals surface area contributed by atoms with Crippen LogP contribution in [0.5, 0.6) is 0 Å². The number of anilines is 2. The van der Waals surface area contributed by atoms with Crippen molar-refractivity contribution in [2.45, 2.75) is 78.1 Å². The molecule has 45 heavy (non-hydrogen) atoms. The molecule has 0 unspecified atom stereocenters. The number of thiocarbonyl (C=S) groups is 1. The summed E-state index contributed by atoms with van der Waals surface area (Å²) in [6, 6.07) is 10.3. The molecule has 3 aromatic rings. The number of hydrogen-bond donors (Lipinski definition) is 0. The third-order valence-electron chi connectivity index (χ3n) is 8.64. The molecule has 0 aliphatic carbocycles. The highest BCUT2D eigenvalue weighted by atomic mass is 32.2. The van der Waals surface area contributed by atoms with Crippen molar-refractivity contribution in [1.29, 1.82) is 0 Å². The van der Waals surface area contributed by atoms with Crippen molar-refractivity contribution in [3.8, 4) is 0 Å². The number of halogens is 1. The van der Waals surface area contributed by atoms with E-state index < -0.39 is 0 Å². The van der Waals surface area contributed by atoms with Gasteiger partial charge in [0.2, 0.25) is 0 Å². The van der Waals surface area contributed by atoms with Crippen LogP contribution in [0.1, 0.15) is 82.3 Å². The fourth-order valence-corrected chi connectivity index (χ4v) is 7.31. The number of carbonyl (C=O) groups excluding carboxylic acids is 1. The fraction of sp³-hybridized carbons (Fsp3) is 0.486. The van der Waals surface area contributed by atoms with Crippen molar-refractivity contribution in [3.05, 3.63) is 74.8 Å². The van der Waals surface area contributed by atoms with Crippen molar-refractivity contribution in [2.24, 2.45) is 0 Å². The Bertz CT molecular complexity index is 1580. The van der Waals surface area contributed by atoms with Gasteiger partial charge >= 0.3 is 0 Å². The van der Waals surface area contributed by atoms with Gasteiger partial charge < -0.3 is 9.80 Å². The molecule has 0 saturated carbocycles. The first-order chi connectivity index (χ1) is 21.9. The quantitative estimate of drug-likeness (QED) is 0.101. The molecule has 0 bridgehead atoms. The van der Waals surface area contributed by atoms with Crippen LogP contribution < -0.4 is 15.4 Å². The van der Waals surface area contributed by atoms with Crippen molar-refractivity contribution in [2.75, 3.05) is 42.5 Å². The summed E-state index contributed by atoms with van der Waals surface area (Å²) in [6.45, 7) is 7.44. The minimum Gasteiger partial charge on any atom is -0.368 e. The molecule has 0 atom stereocenters. The van der Waals surface area contributed by atoms with Crippen LogP contribution in [0.25, 0.3) is 11.7 Å². The average molecular weight is 650 g/mol. The molecule has 2 saturated heterocycles. The standard InChI is InChI=1S/C35H44FN5O2S2/c1-3-4-5-6-7-8-9-10-11-12-19-40-34(43)30(45-35(40)44)24-29-32(37-31-18-13-26(2)25-41(31)33(29)42)39-22-20-38(21-23-39)28-16-14-27(36)15-17-28/h13-18,24-25H,3-12,19-23H2,1-2H3. The highest BCUT2D eigenvalue weighted by molar-refractivity contribution is 8.26. The van der Waals surface area contributed by atoms with Crippen LogP contribution in [0.4, 0.5) is 15.9 Å². The lowest BCUT2D eigenvalue weighted by Gasteiger charge is -2.37. The summed E-state index contributed by atoms with van der Waals surface area (Å²) in [4.78, 5) is 38.8. The molecule has 4 heterocycles. The Morgan fingerprint density at radius 1 is 0.867 bits per heavy atom. The number of benzene rings is 1. The molecule has 1 amide bonds. The predicted molar refractivity (Wildman–Crippen MR) is 189 cm³/mol. The fourth-order valence-electron chi connectivity index (χ4n) is 6.02. The summed E-state index contributed by atoms with van der Waals surface area (Å²) in [5.41, 5.74) is 2.66. The third kappa shape index (κ3) is 8.33. The molecule has 7 nitrogen and oxygen atoms in total. The number of hydrogen-bond acceptors (Lipinski definition) is 7. The molecule has 2 fully saturated rings. The normalized spacial score (nSPS) is 16.5. The molecule has 2 aromatic heterocycles. The largest absolute Gasteiger partial charge is 0.368 e. The summed E-state index contributed by atoms with van der Waals surface area (Å²) in [7, 11) is 0. The van der Waals surface area contributed by atoms with E-state index in [0.29, 0.717) is 59.0 Å². The Morgan fingerprint density at radius 2 is 1.49 bits per heavy atom. The highest BCUT2D eigenvalue weighted by Gasteiger charge is 2.33. The maximum absolute atomic E-state index is 13.9. The first kappa shape index (κ1) is 33.1. The van der Waals surface area contributed by atoms with Crippen LogP contribution >= 0.6 is 24.0 Å². The Morgan fingerprint density at radius 3 is 2.16 bits per heavy atom. The van der Waals surface area contributed by atoms with Gasteiger partial charge in [0.15, 0.2) is 0 Å². The van der Waals surface area contributed by atoms with Gasteiger partial charge in [-0.25, -0.2) is 9.37 Å².